The van der Waals surface area contributed by atoms with E-state index in [0.29, 0.717) is 0 Å². The lowest BCUT2D eigenvalue weighted by atomic mass is 10.9. The molecule has 0 aliphatic rings. The first-order chi connectivity index (χ1) is 6.20. The predicted octanol–water partition coefficient (Wildman–Crippen LogP) is 2.35. The third kappa shape index (κ3) is 3.73. The van der Waals surface area contributed by atoms with E-state index in [1.165, 1.54) is 0 Å². The maximum absolute atomic E-state index is 3.90. The van der Waals surface area contributed by atoms with Gasteiger partial charge in [-0.1, -0.05) is 0 Å². The third-order valence-electron chi connectivity index (χ3n) is 1.23. The van der Waals surface area contributed by atoms with Crippen LogP contribution in [-0.2, 0) is 7.05 Å². The summed E-state index contributed by atoms with van der Waals surface area (Å²) in [7, 11) is 1.93. The van der Waals surface area contributed by atoms with Gasteiger partial charge in [0.1, 0.15) is 0 Å². The molecule has 2 aromatic rings. The lowest BCUT2D eigenvalue weighted by Gasteiger charge is -1.85. The van der Waals surface area contributed by atoms with Gasteiger partial charge in [0.2, 0.25) is 0 Å². The minimum absolute atomic E-state index is 0.780. The number of H-pyrrole nitrogens is 1. The van der Waals surface area contributed by atoms with E-state index in [0.717, 1.165) is 9.47 Å². The number of imidazole rings is 2. The topological polar surface area (TPSA) is 46.5 Å². The van der Waals surface area contributed by atoms with E-state index in [1.54, 1.807) is 18.6 Å². The number of halogens is 2. The fourth-order valence-electron chi connectivity index (χ4n) is 0.593. The summed E-state index contributed by atoms with van der Waals surface area (Å²) in [5.74, 6) is 0. The number of aryl methyl sites for hydroxylation is 1. The number of rotatable bonds is 0. The van der Waals surface area contributed by atoms with Crippen LogP contribution in [0.3, 0.4) is 0 Å². The normalized spacial score (nSPS) is 9.15. The molecule has 0 saturated heterocycles. The van der Waals surface area contributed by atoms with Crippen molar-refractivity contribution in [3.63, 3.8) is 0 Å². The molecule has 0 aliphatic heterocycles. The maximum atomic E-state index is 3.90. The van der Waals surface area contributed by atoms with E-state index in [4.69, 9.17) is 0 Å². The van der Waals surface area contributed by atoms with Crippen molar-refractivity contribution in [2.75, 3.05) is 0 Å². The van der Waals surface area contributed by atoms with Crippen LogP contribution in [0.25, 0.3) is 0 Å². The molecule has 0 aromatic carbocycles. The van der Waals surface area contributed by atoms with Crippen molar-refractivity contribution in [3.8, 4) is 0 Å². The summed E-state index contributed by atoms with van der Waals surface area (Å²) >= 11 is 6.33. The lowest BCUT2D eigenvalue weighted by Crippen LogP contribution is -1.82. The Morgan fingerprint density at radius 1 is 1.31 bits per heavy atom. The number of aromatic amines is 1. The summed E-state index contributed by atoms with van der Waals surface area (Å²) in [6.45, 7) is 0. The lowest BCUT2D eigenvalue weighted by molar-refractivity contribution is 0.881. The van der Waals surface area contributed by atoms with Crippen LogP contribution in [-0.4, -0.2) is 19.5 Å². The zero-order chi connectivity index (χ0) is 9.68. The fourth-order valence-corrected chi connectivity index (χ4v) is 1.08. The number of aromatic nitrogens is 4. The molecule has 0 fully saturated rings. The number of nitrogens with one attached hydrogen (secondary N) is 1. The number of hydrogen-bond donors (Lipinski definition) is 1. The summed E-state index contributed by atoms with van der Waals surface area (Å²) in [5, 5.41) is 0. The van der Waals surface area contributed by atoms with Crippen LogP contribution in [0, 0.1) is 0 Å². The summed E-state index contributed by atoms with van der Waals surface area (Å²) in [6.07, 6.45) is 7.06. The molecule has 4 nitrogen and oxygen atoms in total. The zero-order valence-corrected chi connectivity index (χ0v) is 10.1. The van der Waals surface area contributed by atoms with E-state index in [-0.39, 0.29) is 0 Å². The van der Waals surface area contributed by atoms with Gasteiger partial charge < -0.3 is 9.55 Å². The monoisotopic (exact) mass is 306 g/mol. The Hall–Kier alpha value is -0.620. The summed E-state index contributed by atoms with van der Waals surface area (Å²) in [5.41, 5.74) is 0. The molecule has 0 saturated carbocycles. The van der Waals surface area contributed by atoms with Crippen LogP contribution >= 0.6 is 31.9 Å². The Kier molecular flexibility index (Phi) is 4.17. The molecule has 0 radical (unpaired) electrons. The predicted molar refractivity (Wildman–Crippen MR) is 57.2 cm³/mol. The van der Waals surface area contributed by atoms with Gasteiger partial charge in [0.05, 0.1) is 0 Å². The van der Waals surface area contributed by atoms with Crippen molar-refractivity contribution >= 4 is 31.9 Å². The molecular formula is C7H8Br2N4. The Labute approximate surface area is 92.7 Å². The molecule has 0 aliphatic carbocycles. The molecule has 1 N–H and O–H groups in total. The van der Waals surface area contributed by atoms with Crippen molar-refractivity contribution in [2.45, 2.75) is 0 Å². The van der Waals surface area contributed by atoms with E-state index in [2.05, 4.69) is 46.8 Å². The summed E-state index contributed by atoms with van der Waals surface area (Å²) < 4.78 is 3.54. The van der Waals surface area contributed by atoms with Crippen molar-refractivity contribution in [2.24, 2.45) is 7.05 Å². The van der Waals surface area contributed by atoms with Crippen LogP contribution in [0.5, 0.6) is 0 Å². The first-order valence-corrected chi connectivity index (χ1v) is 5.06. The highest BCUT2D eigenvalue weighted by atomic mass is 79.9. The van der Waals surface area contributed by atoms with Gasteiger partial charge in [-0.15, -0.1) is 0 Å². The SMILES string of the molecule is Brc1ncc[nH]1.Cn1ccnc1Br. The van der Waals surface area contributed by atoms with Crippen molar-refractivity contribution < 1.29 is 0 Å². The Morgan fingerprint density at radius 2 is 2.08 bits per heavy atom. The van der Waals surface area contributed by atoms with Gasteiger partial charge in [-0.25, -0.2) is 9.97 Å². The second kappa shape index (κ2) is 5.18. The highest BCUT2D eigenvalue weighted by molar-refractivity contribution is 9.10. The van der Waals surface area contributed by atoms with Gasteiger partial charge >= 0.3 is 0 Å². The zero-order valence-electron chi connectivity index (χ0n) is 6.91. The maximum Gasteiger partial charge on any atom is 0.176 e. The van der Waals surface area contributed by atoms with Crippen LogP contribution < -0.4 is 0 Å². The molecular weight excluding hydrogens is 300 g/mol. The smallest absolute Gasteiger partial charge is 0.176 e. The molecule has 70 valence electrons. The van der Waals surface area contributed by atoms with Crippen molar-refractivity contribution in [3.05, 3.63) is 34.3 Å². The molecule has 0 spiro atoms. The highest BCUT2D eigenvalue weighted by Gasteiger charge is 1.86. The van der Waals surface area contributed by atoms with Crippen LogP contribution in [0.15, 0.2) is 34.3 Å². The molecule has 2 heterocycles. The molecule has 0 atom stereocenters. The first kappa shape index (κ1) is 10.5. The summed E-state index contributed by atoms with van der Waals surface area (Å²) in [6, 6.07) is 0. The Bertz CT molecular complexity index is 325. The molecule has 0 bridgehead atoms. The average molecular weight is 308 g/mol. The van der Waals surface area contributed by atoms with Gasteiger partial charge in [0.15, 0.2) is 9.47 Å². The highest BCUT2D eigenvalue weighted by Crippen LogP contribution is 2.01. The molecule has 6 heteroatoms. The van der Waals surface area contributed by atoms with Crippen molar-refractivity contribution in [1.29, 1.82) is 0 Å². The average Bonchev–Trinajstić information content (AvgIpc) is 2.67. The van der Waals surface area contributed by atoms with Gasteiger partial charge in [-0.3, -0.25) is 0 Å². The quantitative estimate of drug-likeness (QED) is 0.812. The van der Waals surface area contributed by atoms with E-state index < -0.39 is 0 Å². The second-order valence-corrected chi connectivity index (χ2v) is 3.65. The second-order valence-electron chi connectivity index (χ2n) is 2.19. The van der Waals surface area contributed by atoms with Gasteiger partial charge in [0, 0.05) is 31.8 Å². The third-order valence-corrected chi connectivity index (χ3v) is 2.43. The molecule has 2 rings (SSSR count). The van der Waals surface area contributed by atoms with E-state index in [9.17, 15) is 0 Å². The number of nitrogens with zero attached hydrogens (tertiary/aromatic N) is 3. The molecule has 0 amide bonds. The minimum atomic E-state index is 0.780. The van der Waals surface area contributed by atoms with Crippen LogP contribution in [0.4, 0.5) is 0 Å². The van der Waals surface area contributed by atoms with Gasteiger partial charge in [0.25, 0.3) is 0 Å². The molecule has 0 unspecified atom stereocenters. The summed E-state index contributed by atoms with van der Waals surface area (Å²) in [4.78, 5) is 10.5. The van der Waals surface area contributed by atoms with Gasteiger partial charge in [-0.2, -0.15) is 0 Å². The van der Waals surface area contributed by atoms with Crippen molar-refractivity contribution in [1.82, 2.24) is 19.5 Å². The van der Waals surface area contributed by atoms with Crippen LogP contribution in [0.1, 0.15) is 0 Å². The van der Waals surface area contributed by atoms with E-state index in [1.807, 2.05) is 17.8 Å². The molecule has 2 aromatic heterocycles. The fraction of sp³-hybridized carbons (Fsp3) is 0.143. The minimum Gasteiger partial charge on any atom is -0.339 e. The Balaban J connectivity index is 0.000000132. The van der Waals surface area contributed by atoms with Gasteiger partial charge in [-0.05, 0) is 31.9 Å². The Morgan fingerprint density at radius 3 is 2.23 bits per heavy atom. The standard InChI is InChI=1S/C4H5BrN2.C3H3BrN2/c1-7-3-2-6-4(7)5;4-3-5-1-2-6-3/h2-3H,1H3;1-2H,(H,5,6). The van der Waals surface area contributed by atoms with Crippen LogP contribution in [0.2, 0.25) is 0 Å². The first-order valence-electron chi connectivity index (χ1n) is 3.48. The molecule has 13 heavy (non-hydrogen) atoms. The largest absolute Gasteiger partial charge is 0.339 e. The number of hydrogen-bond acceptors (Lipinski definition) is 2. The van der Waals surface area contributed by atoms with E-state index >= 15 is 0 Å².